The van der Waals surface area contributed by atoms with Crippen LogP contribution in [-0.4, -0.2) is 39.3 Å². The number of carboxylic acids is 1. The van der Waals surface area contributed by atoms with Crippen molar-refractivity contribution in [1.82, 2.24) is 15.1 Å². The molecule has 0 bridgehead atoms. The molecule has 3 rings (SSSR count). The topological polar surface area (TPSA) is 69.2 Å². The van der Waals surface area contributed by atoms with Crippen LogP contribution in [0.25, 0.3) is 11.3 Å². The molecule has 1 aromatic carbocycles. The third-order valence-corrected chi connectivity index (χ3v) is 3.96. The number of hydrogen-bond donors (Lipinski definition) is 2. The number of carboxylic acid groups (broad SMARTS) is 1. The van der Waals surface area contributed by atoms with Crippen LogP contribution in [0.1, 0.15) is 35.0 Å². The van der Waals surface area contributed by atoms with E-state index in [1.807, 2.05) is 12.1 Å². The lowest BCUT2D eigenvalue weighted by molar-refractivity contribution is 0.0697. The van der Waals surface area contributed by atoms with Crippen LogP contribution in [0.2, 0.25) is 0 Å². The summed E-state index contributed by atoms with van der Waals surface area (Å²) in [7, 11) is 0. The first-order valence-electron chi connectivity index (χ1n) is 7.32. The molecule has 5 heteroatoms. The highest BCUT2D eigenvalue weighted by atomic mass is 16.4. The SMILES string of the molecule is CCCN1CCc2[nH]nc(-c3ccccc3C(=O)O)c2C1. The highest BCUT2D eigenvalue weighted by Crippen LogP contribution is 2.30. The number of aromatic nitrogens is 2. The summed E-state index contributed by atoms with van der Waals surface area (Å²) < 4.78 is 0. The first kappa shape index (κ1) is 13.8. The van der Waals surface area contributed by atoms with E-state index in [4.69, 9.17) is 0 Å². The second-order valence-corrected chi connectivity index (χ2v) is 5.41. The largest absolute Gasteiger partial charge is 0.478 e. The molecule has 0 saturated carbocycles. The number of fused-ring (bicyclic) bond motifs is 1. The second kappa shape index (κ2) is 5.69. The molecule has 0 atom stereocenters. The molecule has 1 aromatic heterocycles. The van der Waals surface area contributed by atoms with Gasteiger partial charge in [0.05, 0.1) is 11.3 Å². The van der Waals surface area contributed by atoms with Gasteiger partial charge in [0.25, 0.3) is 0 Å². The smallest absolute Gasteiger partial charge is 0.336 e. The van der Waals surface area contributed by atoms with Gasteiger partial charge in [-0.3, -0.25) is 10.00 Å². The molecule has 0 amide bonds. The standard InChI is InChI=1S/C16H19N3O2/c1-2-8-19-9-7-14-13(10-19)15(18-17-14)11-5-3-4-6-12(11)16(20)21/h3-6H,2,7-10H2,1H3,(H,17,18)(H,20,21). The van der Waals surface area contributed by atoms with E-state index in [0.717, 1.165) is 49.4 Å². The first-order chi connectivity index (χ1) is 10.2. The molecule has 110 valence electrons. The summed E-state index contributed by atoms with van der Waals surface area (Å²) in [6, 6.07) is 7.06. The van der Waals surface area contributed by atoms with Crippen LogP contribution in [-0.2, 0) is 13.0 Å². The van der Waals surface area contributed by atoms with E-state index in [-0.39, 0.29) is 0 Å². The van der Waals surface area contributed by atoms with Crippen molar-refractivity contribution in [1.29, 1.82) is 0 Å². The molecule has 0 spiro atoms. The average molecular weight is 285 g/mol. The van der Waals surface area contributed by atoms with Crippen molar-refractivity contribution >= 4 is 5.97 Å². The third kappa shape index (κ3) is 2.56. The zero-order valence-corrected chi connectivity index (χ0v) is 12.1. The summed E-state index contributed by atoms with van der Waals surface area (Å²) in [4.78, 5) is 13.8. The molecule has 0 aliphatic carbocycles. The minimum absolute atomic E-state index is 0.305. The Hall–Kier alpha value is -2.14. The van der Waals surface area contributed by atoms with Crippen LogP contribution in [0.3, 0.4) is 0 Å². The van der Waals surface area contributed by atoms with E-state index >= 15 is 0 Å². The fourth-order valence-electron chi connectivity index (χ4n) is 2.96. The maximum Gasteiger partial charge on any atom is 0.336 e. The van der Waals surface area contributed by atoms with Gasteiger partial charge in [0.2, 0.25) is 0 Å². The van der Waals surface area contributed by atoms with Gasteiger partial charge in [-0.15, -0.1) is 0 Å². The quantitative estimate of drug-likeness (QED) is 0.905. The van der Waals surface area contributed by atoms with Gasteiger partial charge in [-0.2, -0.15) is 5.10 Å². The predicted molar refractivity (Wildman–Crippen MR) is 80.3 cm³/mol. The first-order valence-corrected chi connectivity index (χ1v) is 7.32. The Morgan fingerprint density at radius 1 is 1.43 bits per heavy atom. The molecule has 1 aliphatic heterocycles. The lowest BCUT2D eigenvalue weighted by Gasteiger charge is -2.26. The predicted octanol–water partition coefficient (Wildman–Crippen LogP) is 2.54. The van der Waals surface area contributed by atoms with Crippen molar-refractivity contribution in [2.24, 2.45) is 0 Å². The summed E-state index contributed by atoms with van der Waals surface area (Å²) in [5.41, 5.74) is 4.06. The molecule has 5 nitrogen and oxygen atoms in total. The number of nitrogens with zero attached hydrogens (tertiary/aromatic N) is 2. The summed E-state index contributed by atoms with van der Waals surface area (Å²) in [6.45, 7) is 5.10. The minimum atomic E-state index is -0.913. The van der Waals surface area contributed by atoms with Gasteiger partial charge in [0.1, 0.15) is 0 Å². The molecule has 21 heavy (non-hydrogen) atoms. The van der Waals surface area contributed by atoms with Crippen LogP contribution in [0.5, 0.6) is 0 Å². The number of hydrogen-bond acceptors (Lipinski definition) is 3. The number of rotatable bonds is 4. The monoisotopic (exact) mass is 285 g/mol. The molecule has 0 unspecified atom stereocenters. The molecule has 2 aromatic rings. The maximum absolute atomic E-state index is 11.4. The van der Waals surface area contributed by atoms with Crippen LogP contribution in [0, 0.1) is 0 Å². The van der Waals surface area contributed by atoms with Gasteiger partial charge in [-0.25, -0.2) is 4.79 Å². The Morgan fingerprint density at radius 3 is 3.00 bits per heavy atom. The van der Waals surface area contributed by atoms with E-state index in [9.17, 15) is 9.90 Å². The van der Waals surface area contributed by atoms with Gasteiger partial charge in [-0.1, -0.05) is 25.1 Å². The number of carbonyl (C=O) groups is 1. The highest BCUT2D eigenvalue weighted by molar-refractivity contribution is 5.95. The lowest BCUT2D eigenvalue weighted by atomic mass is 9.97. The number of aromatic amines is 1. The summed E-state index contributed by atoms with van der Waals surface area (Å²) >= 11 is 0. The van der Waals surface area contributed by atoms with Gasteiger partial charge in [-0.05, 0) is 19.0 Å². The zero-order chi connectivity index (χ0) is 14.8. The summed E-state index contributed by atoms with van der Waals surface area (Å²) in [5, 5.41) is 16.8. The molecule has 2 heterocycles. The van der Waals surface area contributed by atoms with Crippen LogP contribution >= 0.6 is 0 Å². The van der Waals surface area contributed by atoms with E-state index in [0.29, 0.717) is 11.1 Å². The van der Waals surface area contributed by atoms with Crippen molar-refractivity contribution in [2.75, 3.05) is 13.1 Å². The molecule has 0 saturated heterocycles. The number of nitrogens with one attached hydrogen (secondary N) is 1. The van der Waals surface area contributed by atoms with Gasteiger partial charge in [0, 0.05) is 36.3 Å². The third-order valence-electron chi connectivity index (χ3n) is 3.96. The number of aromatic carboxylic acids is 1. The Bertz CT molecular complexity index is 663. The Kier molecular flexibility index (Phi) is 3.75. The number of benzene rings is 1. The van der Waals surface area contributed by atoms with E-state index < -0.39 is 5.97 Å². The maximum atomic E-state index is 11.4. The van der Waals surface area contributed by atoms with Crippen molar-refractivity contribution in [3.63, 3.8) is 0 Å². The molecule has 0 fully saturated rings. The minimum Gasteiger partial charge on any atom is -0.478 e. The fraction of sp³-hybridized carbons (Fsp3) is 0.375. The highest BCUT2D eigenvalue weighted by Gasteiger charge is 2.24. The van der Waals surface area contributed by atoms with E-state index in [2.05, 4.69) is 22.0 Å². The van der Waals surface area contributed by atoms with E-state index in [1.165, 1.54) is 0 Å². The number of H-pyrrole nitrogens is 1. The molecule has 2 N–H and O–H groups in total. The van der Waals surface area contributed by atoms with Gasteiger partial charge in [0.15, 0.2) is 0 Å². The Labute approximate surface area is 123 Å². The van der Waals surface area contributed by atoms with Crippen molar-refractivity contribution in [3.8, 4) is 11.3 Å². The van der Waals surface area contributed by atoms with Gasteiger partial charge < -0.3 is 5.11 Å². The van der Waals surface area contributed by atoms with Crippen LogP contribution < -0.4 is 0 Å². The molecular weight excluding hydrogens is 266 g/mol. The Morgan fingerprint density at radius 2 is 2.24 bits per heavy atom. The average Bonchev–Trinajstić information content (AvgIpc) is 2.90. The summed E-state index contributed by atoms with van der Waals surface area (Å²) in [5.74, 6) is -0.913. The lowest BCUT2D eigenvalue weighted by Crippen LogP contribution is -2.31. The normalized spacial score (nSPS) is 14.9. The molecule has 1 aliphatic rings. The Balaban J connectivity index is 2.02. The van der Waals surface area contributed by atoms with Crippen LogP contribution in [0.15, 0.2) is 24.3 Å². The van der Waals surface area contributed by atoms with Crippen molar-refractivity contribution in [3.05, 3.63) is 41.1 Å². The summed E-state index contributed by atoms with van der Waals surface area (Å²) in [6.07, 6.45) is 2.06. The zero-order valence-electron chi connectivity index (χ0n) is 12.1. The van der Waals surface area contributed by atoms with Crippen LogP contribution in [0.4, 0.5) is 0 Å². The fourth-order valence-corrected chi connectivity index (χ4v) is 2.96. The van der Waals surface area contributed by atoms with Gasteiger partial charge >= 0.3 is 5.97 Å². The molecular formula is C16H19N3O2. The van der Waals surface area contributed by atoms with Crippen molar-refractivity contribution < 1.29 is 9.90 Å². The second-order valence-electron chi connectivity index (χ2n) is 5.41. The van der Waals surface area contributed by atoms with E-state index in [1.54, 1.807) is 12.1 Å². The van der Waals surface area contributed by atoms with Crippen molar-refractivity contribution in [2.45, 2.75) is 26.3 Å². The molecule has 0 radical (unpaired) electrons.